The van der Waals surface area contributed by atoms with Gasteiger partial charge in [0, 0.05) is 11.3 Å². The van der Waals surface area contributed by atoms with Crippen molar-refractivity contribution in [3.8, 4) is 0 Å². The van der Waals surface area contributed by atoms with E-state index in [0.29, 0.717) is 0 Å². The number of hydrogen-bond donors (Lipinski definition) is 0. The van der Waals surface area contributed by atoms with Gasteiger partial charge in [0.25, 0.3) is 0 Å². The van der Waals surface area contributed by atoms with Gasteiger partial charge in [-0.05, 0) is 34.6 Å². The van der Waals surface area contributed by atoms with E-state index in [1.54, 1.807) is 18.1 Å². The van der Waals surface area contributed by atoms with Crippen LogP contribution in [0.4, 0.5) is 0 Å². The predicted molar refractivity (Wildman–Crippen MR) is 70.6 cm³/mol. The first-order chi connectivity index (χ1) is 8.39. The van der Waals surface area contributed by atoms with E-state index in [1.807, 2.05) is 18.5 Å². The third-order valence-electron chi connectivity index (χ3n) is 2.68. The molecule has 0 spiro atoms. The second kappa shape index (κ2) is 4.76. The molecule has 0 aliphatic heterocycles. The third-order valence-corrected chi connectivity index (χ3v) is 3.65. The normalized spacial score (nSPS) is 12.1. The minimum absolute atomic E-state index is 0.0580. The van der Waals surface area contributed by atoms with Crippen LogP contribution in [0, 0.1) is 13.8 Å². The molecule has 2 rings (SSSR count). The summed E-state index contributed by atoms with van der Waals surface area (Å²) in [5.74, 6) is 1.68. The van der Waals surface area contributed by atoms with Crippen molar-refractivity contribution in [2.75, 3.05) is 0 Å². The number of aryl methyl sites for hydroxylation is 2. The van der Waals surface area contributed by atoms with Gasteiger partial charge in [-0.1, -0.05) is 16.9 Å². The summed E-state index contributed by atoms with van der Waals surface area (Å²) in [6.07, 6.45) is 1.60. The van der Waals surface area contributed by atoms with Crippen LogP contribution in [0.3, 0.4) is 0 Å². The molecule has 0 saturated carbocycles. The largest absolute Gasteiger partial charge is 0.361 e. The monoisotopic (exact) mass is 266 g/mol. The Morgan fingerprint density at radius 1 is 1.33 bits per heavy atom. The van der Waals surface area contributed by atoms with Crippen LogP contribution in [-0.4, -0.2) is 19.9 Å². The van der Waals surface area contributed by atoms with E-state index in [2.05, 4.69) is 36.0 Å². The maximum atomic E-state index is 5.16. The van der Waals surface area contributed by atoms with Crippen LogP contribution in [0.5, 0.6) is 0 Å². The lowest BCUT2D eigenvalue weighted by atomic mass is 10.1. The molecule has 0 unspecified atom stereocenters. The molecule has 0 aromatic carbocycles. The lowest BCUT2D eigenvalue weighted by molar-refractivity contribution is 0.326. The van der Waals surface area contributed by atoms with Crippen LogP contribution >= 0.6 is 11.8 Å². The molecule has 5 nitrogen and oxygen atoms in total. The first-order valence-electron chi connectivity index (χ1n) is 5.84. The highest BCUT2D eigenvalue weighted by Gasteiger charge is 2.19. The van der Waals surface area contributed by atoms with E-state index >= 15 is 0 Å². The third kappa shape index (κ3) is 2.58. The maximum Gasteiger partial charge on any atom is 0.186 e. The number of rotatable bonds is 3. The molecule has 0 N–H and O–H groups in total. The van der Waals surface area contributed by atoms with Crippen LogP contribution in [0.2, 0.25) is 0 Å². The molecule has 0 fully saturated rings. The standard InChI is InChI=1S/C12H18N4OS/c1-8-10(9(2)17-15-8)6-18-11-13-7-14-16(11)12(3,4)5/h7H,6H2,1-5H3. The summed E-state index contributed by atoms with van der Waals surface area (Å²) in [6, 6.07) is 0. The lowest BCUT2D eigenvalue weighted by Gasteiger charge is -2.20. The molecule has 0 radical (unpaired) electrons. The first-order valence-corrected chi connectivity index (χ1v) is 6.83. The van der Waals surface area contributed by atoms with Gasteiger partial charge in [-0.2, -0.15) is 5.10 Å². The fraction of sp³-hybridized carbons (Fsp3) is 0.583. The summed E-state index contributed by atoms with van der Waals surface area (Å²) >= 11 is 1.66. The Bertz CT molecular complexity index is 519. The molecule has 6 heteroatoms. The topological polar surface area (TPSA) is 56.7 Å². The summed E-state index contributed by atoms with van der Waals surface area (Å²) in [7, 11) is 0. The van der Waals surface area contributed by atoms with E-state index in [-0.39, 0.29) is 5.54 Å². The van der Waals surface area contributed by atoms with Gasteiger partial charge in [-0.25, -0.2) is 9.67 Å². The van der Waals surface area contributed by atoms with E-state index in [1.165, 1.54) is 0 Å². The van der Waals surface area contributed by atoms with Gasteiger partial charge in [0.2, 0.25) is 0 Å². The summed E-state index contributed by atoms with van der Waals surface area (Å²) in [4.78, 5) is 4.31. The van der Waals surface area contributed by atoms with E-state index < -0.39 is 0 Å². The van der Waals surface area contributed by atoms with Gasteiger partial charge in [-0.3, -0.25) is 0 Å². The van der Waals surface area contributed by atoms with E-state index in [0.717, 1.165) is 27.9 Å². The van der Waals surface area contributed by atoms with Crippen molar-refractivity contribution in [1.29, 1.82) is 0 Å². The minimum Gasteiger partial charge on any atom is -0.361 e. The molecule has 0 aliphatic carbocycles. The number of hydrogen-bond acceptors (Lipinski definition) is 5. The molecule has 98 valence electrons. The Morgan fingerprint density at radius 2 is 2.06 bits per heavy atom. The molecular weight excluding hydrogens is 248 g/mol. The Balaban J connectivity index is 2.15. The van der Waals surface area contributed by atoms with Gasteiger partial charge >= 0.3 is 0 Å². The quantitative estimate of drug-likeness (QED) is 0.799. The Hall–Kier alpha value is -1.30. The summed E-state index contributed by atoms with van der Waals surface area (Å²) in [6.45, 7) is 10.2. The van der Waals surface area contributed by atoms with Crippen molar-refractivity contribution >= 4 is 11.8 Å². The van der Waals surface area contributed by atoms with Crippen LogP contribution in [-0.2, 0) is 11.3 Å². The molecule has 0 saturated heterocycles. The van der Waals surface area contributed by atoms with Crippen molar-refractivity contribution in [2.45, 2.75) is 51.1 Å². The summed E-state index contributed by atoms with van der Waals surface area (Å²) < 4.78 is 7.10. The molecule has 18 heavy (non-hydrogen) atoms. The Labute approximate surface area is 111 Å². The van der Waals surface area contributed by atoms with Crippen molar-refractivity contribution < 1.29 is 4.52 Å². The molecule has 0 aliphatic rings. The molecular formula is C12H18N4OS. The van der Waals surface area contributed by atoms with Gasteiger partial charge < -0.3 is 4.52 Å². The highest BCUT2D eigenvalue weighted by atomic mass is 32.2. The molecule has 2 heterocycles. The van der Waals surface area contributed by atoms with E-state index in [4.69, 9.17) is 4.52 Å². The number of aromatic nitrogens is 4. The van der Waals surface area contributed by atoms with Gasteiger partial charge in [-0.15, -0.1) is 0 Å². The first kappa shape index (κ1) is 13.1. The zero-order chi connectivity index (χ0) is 13.3. The van der Waals surface area contributed by atoms with Crippen molar-refractivity contribution in [3.05, 3.63) is 23.3 Å². The Kier molecular flexibility index (Phi) is 3.47. The number of nitrogens with zero attached hydrogens (tertiary/aromatic N) is 4. The molecule has 2 aromatic heterocycles. The number of thioether (sulfide) groups is 1. The second-order valence-corrected chi connectivity index (χ2v) is 6.16. The Morgan fingerprint density at radius 3 is 2.61 bits per heavy atom. The van der Waals surface area contributed by atoms with Gasteiger partial charge in [0.05, 0.1) is 11.2 Å². The van der Waals surface area contributed by atoms with Gasteiger partial charge in [0.1, 0.15) is 12.1 Å². The zero-order valence-electron chi connectivity index (χ0n) is 11.4. The van der Waals surface area contributed by atoms with Crippen LogP contribution in [0.1, 0.15) is 37.8 Å². The fourth-order valence-electron chi connectivity index (χ4n) is 1.63. The fourth-order valence-corrected chi connectivity index (χ4v) is 2.88. The SMILES string of the molecule is Cc1noc(C)c1CSc1ncnn1C(C)(C)C. The molecule has 0 amide bonds. The minimum atomic E-state index is -0.0580. The van der Waals surface area contributed by atoms with Crippen molar-refractivity contribution in [2.24, 2.45) is 0 Å². The summed E-state index contributed by atoms with van der Waals surface area (Å²) in [5, 5.41) is 9.15. The average molecular weight is 266 g/mol. The van der Waals surface area contributed by atoms with Crippen molar-refractivity contribution in [1.82, 2.24) is 19.9 Å². The zero-order valence-corrected chi connectivity index (χ0v) is 12.2. The summed E-state index contributed by atoms with van der Waals surface area (Å²) in [5.41, 5.74) is 2.03. The highest BCUT2D eigenvalue weighted by molar-refractivity contribution is 7.98. The van der Waals surface area contributed by atoms with Gasteiger partial charge in [0.15, 0.2) is 5.16 Å². The molecule has 0 bridgehead atoms. The van der Waals surface area contributed by atoms with Crippen LogP contribution in [0.25, 0.3) is 0 Å². The van der Waals surface area contributed by atoms with Crippen LogP contribution in [0.15, 0.2) is 16.0 Å². The predicted octanol–water partition coefficient (Wildman–Crippen LogP) is 2.93. The van der Waals surface area contributed by atoms with Crippen LogP contribution < -0.4 is 0 Å². The lowest BCUT2D eigenvalue weighted by Crippen LogP contribution is -2.24. The molecule has 0 atom stereocenters. The van der Waals surface area contributed by atoms with E-state index in [9.17, 15) is 0 Å². The smallest absolute Gasteiger partial charge is 0.186 e. The second-order valence-electron chi connectivity index (χ2n) is 5.22. The molecule has 2 aromatic rings. The maximum absolute atomic E-state index is 5.16. The highest BCUT2D eigenvalue weighted by Crippen LogP contribution is 2.27. The average Bonchev–Trinajstić information content (AvgIpc) is 2.84. The van der Waals surface area contributed by atoms with Crippen molar-refractivity contribution in [3.63, 3.8) is 0 Å².